The molecule has 8 heteroatoms. The summed E-state index contributed by atoms with van der Waals surface area (Å²) in [5.74, 6) is 0.355. The van der Waals surface area contributed by atoms with Crippen LogP contribution in [0.15, 0.2) is 0 Å². The normalized spacial score (nSPS) is 19.7. The standard InChI is InChI=1S/C29H60N2O5S/c1-26(2,3)22-34-15-11-18-37(32,33)19-14-30-28(7,8)12-13-29(9,10)31-24-20-25(21-24)36-17-16-35-23-27(4,5)6/h24-25,30-31H,11-23H2,1-10H3. The zero-order chi connectivity index (χ0) is 28.4. The van der Waals surface area contributed by atoms with Gasteiger partial charge in [-0.25, -0.2) is 8.42 Å². The fourth-order valence-electron chi connectivity index (χ4n) is 4.22. The van der Waals surface area contributed by atoms with Gasteiger partial charge >= 0.3 is 0 Å². The van der Waals surface area contributed by atoms with E-state index in [1.54, 1.807) is 0 Å². The lowest BCUT2D eigenvalue weighted by molar-refractivity contribution is -0.0528. The predicted molar refractivity (Wildman–Crippen MR) is 155 cm³/mol. The van der Waals surface area contributed by atoms with Crippen LogP contribution in [0.4, 0.5) is 0 Å². The largest absolute Gasteiger partial charge is 0.381 e. The Morgan fingerprint density at radius 2 is 1.27 bits per heavy atom. The zero-order valence-corrected chi connectivity index (χ0v) is 26.6. The van der Waals surface area contributed by atoms with Gasteiger partial charge in [-0.1, -0.05) is 41.5 Å². The highest BCUT2D eigenvalue weighted by Crippen LogP contribution is 2.28. The van der Waals surface area contributed by atoms with Crippen LogP contribution in [0, 0.1) is 10.8 Å². The fourth-order valence-corrected chi connectivity index (χ4v) is 5.39. The van der Waals surface area contributed by atoms with Gasteiger partial charge in [-0.15, -0.1) is 0 Å². The van der Waals surface area contributed by atoms with Crippen LogP contribution < -0.4 is 10.6 Å². The molecule has 0 aromatic heterocycles. The minimum atomic E-state index is -3.07. The van der Waals surface area contributed by atoms with Crippen molar-refractivity contribution in [2.24, 2.45) is 10.8 Å². The molecular weight excluding hydrogens is 488 g/mol. The van der Waals surface area contributed by atoms with Crippen molar-refractivity contribution in [1.29, 1.82) is 0 Å². The summed E-state index contributed by atoms with van der Waals surface area (Å²) in [7, 11) is -3.07. The highest BCUT2D eigenvalue weighted by molar-refractivity contribution is 7.91. The molecule has 1 fully saturated rings. The molecule has 0 unspecified atom stereocenters. The molecule has 0 atom stereocenters. The topological polar surface area (TPSA) is 85.9 Å². The summed E-state index contributed by atoms with van der Waals surface area (Å²) in [5.41, 5.74) is 0.195. The van der Waals surface area contributed by atoms with Gasteiger partial charge in [-0.05, 0) is 70.6 Å². The van der Waals surface area contributed by atoms with Crippen LogP contribution in [-0.2, 0) is 24.0 Å². The Hall–Kier alpha value is -0.250. The molecule has 2 N–H and O–H groups in total. The van der Waals surface area contributed by atoms with Crippen molar-refractivity contribution in [3.05, 3.63) is 0 Å². The molecule has 0 bridgehead atoms. The lowest BCUT2D eigenvalue weighted by Gasteiger charge is -2.42. The molecule has 1 rings (SSSR count). The molecule has 0 aliphatic heterocycles. The molecular formula is C29H60N2O5S. The molecule has 0 aromatic rings. The molecule has 222 valence electrons. The van der Waals surface area contributed by atoms with Crippen LogP contribution in [-0.4, -0.2) is 82.7 Å². The van der Waals surface area contributed by atoms with Crippen LogP contribution in [0.3, 0.4) is 0 Å². The number of hydrogen-bond donors (Lipinski definition) is 2. The summed E-state index contributed by atoms with van der Waals surface area (Å²) in [4.78, 5) is 0. The van der Waals surface area contributed by atoms with Gasteiger partial charge < -0.3 is 24.8 Å². The first-order valence-electron chi connectivity index (χ1n) is 14.3. The van der Waals surface area contributed by atoms with Crippen LogP contribution >= 0.6 is 0 Å². The van der Waals surface area contributed by atoms with Gasteiger partial charge in [-0.2, -0.15) is 0 Å². The Labute approximate surface area is 229 Å². The highest BCUT2D eigenvalue weighted by atomic mass is 32.2. The van der Waals surface area contributed by atoms with Crippen LogP contribution in [0.1, 0.15) is 101 Å². The number of rotatable bonds is 19. The van der Waals surface area contributed by atoms with Gasteiger partial charge in [0.1, 0.15) is 0 Å². The summed E-state index contributed by atoms with van der Waals surface area (Å²) in [5, 5.41) is 7.26. The second kappa shape index (κ2) is 14.9. The second-order valence-electron chi connectivity index (χ2n) is 14.7. The van der Waals surface area contributed by atoms with Gasteiger partial charge in [-0.3, -0.25) is 0 Å². The Morgan fingerprint density at radius 1 is 0.730 bits per heavy atom. The van der Waals surface area contributed by atoms with E-state index in [1.807, 2.05) is 0 Å². The summed E-state index contributed by atoms with van der Waals surface area (Å²) < 4.78 is 42.0. The average molecular weight is 549 g/mol. The van der Waals surface area contributed by atoms with Gasteiger partial charge in [0, 0.05) is 30.3 Å². The third-order valence-corrected chi connectivity index (χ3v) is 8.21. The van der Waals surface area contributed by atoms with Crippen molar-refractivity contribution < 1.29 is 22.6 Å². The first kappa shape index (κ1) is 34.8. The Morgan fingerprint density at radius 3 is 1.84 bits per heavy atom. The summed E-state index contributed by atoms with van der Waals surface area (Å²) in [6, 6.07) is 0.490. The number of sulfone groups is 1. The molecule has 7 nitrogen and oxygen atoms in total. The molecule has 0 aromatic carbocycles. The molecule has 0 heterocycles. The summed E-state index contributed by atoms with van der Waals surface area (Å²) in [6.07, 6.45) is 4.95. The molecule has 0 spiro atoms. The average Bonchev–Trinajstić information content (AvgIpc) is 2.67. The molecule has 0 radical (unpaired) electrons. The first-order chi connectivity index (χ1) is 16.8. The smallest absolute Gasteiger partial charge is 0.151 e. The maximum absolute atomic E-state index is 12.4. The van der Waals surface area contributed by atoms with E-state index in [4.69, 9.17) is 14.2 Å². The van der Waals surface area contributed by atoms with E-state index in [9.17, 15) is 8.42 Å². The third-order valence-electron chi connectivity index (χ3n) is 6.48. The quantitative estimate of drug-likeness (QED) is 0.220. The Bertz CT molecular complexity index is 732. The van der Waals surface area contributed by atoms with E-state index in [1.165, 1.54) is 0 Å². The fraction of sp³-hybridized carbons (Fsp3) is 1.00. The predicted octanol–water partition coefficient (Wildman–Crippen LogP) is 4.98. The summed E-state index contributed by atoms with van der Waals surface area (Å²) in [6.45, 7) is 25.4. The summed E-state index contributed by atoms with van der Waals surface area (Å²) >= 11 is 0. The van der Waals surface area contributed by atoms with Crippen molar-refractivity contribution >= 4 is 9.84 Å². The van der Waals surface area contributed by atoms with Crippen molar-refractivity contribution in [3.8, 4) is 0 Å². The van der Waals surface area contributed by atoms with Gasteiger partial charge in [0.15, 0.2) is 9.84 Å². The van der Waals surface area contributed by atoms with Gasteiger partial charge in [0.2, 0.25) is 0 Å². The molecule has 1 saturated carbocycles. The monoisotopic (exact) mass is 548 g/mol. The van der Waals surface area contributed by atoms with Crippen molar-refractivity contribution in [1.82, 2.24) is 10.6 Å². The first-order valence-corrected chi connectivity index (χ1v) is 16.1. The molecule has 37 heavy (non-hydrogen) atoms. The van der Waals surface area contributed by atoms with Crippen LogP contribution in [0.5, 0.6) is 0 Å². The van der Waals surface area contributed by atoms with Crippen LogP contribution in [0.25, 0.3) is 0 Å². The number of nitrogens with one attached hydrogen (secondary N) is 2. The van der Waals surface area contributed by atoms with Gasteiger partial charge in [0.25, 0.3) is 0 Å². The highest BCUT2D eigenvalue weighted by Gasteiger charge is 2.34. The molecule has 0 amide bonds. The van der Waals surface area contributed by atoms with Crippen molar-refractivity contribution in [2.45, 2.75) is 125 Å². The van der Waals surface area contributed by atoms with Crippen LogP contribution in [0.2, 0.25) is 0 Å². The van der Waals surface area contributed by atoms with E-state index in [-0.39, 0.29) is 33.4 Å². The third kappa shape index (κ3) is 18.6. The van der Waals surface area contributed by atoms with E-state index in [0.717, 1.165) is 32.3 Å². The molecule has 0 saturated heterocycles. The zero-order valence-electron chi connectivity index (χ0n) is 25.8. The van der Waals surface area contributed by atoms with E-state index >= 15 is 0 Å². The van der Waals surface area contributed by atoms with E-state index in [2.05, 4.69) is 79.9 Å². The number of ether oxygens (including phenoxy) is 3. The number of hydrogen-bond acceptors (Lipinski definition) is 7. The Kier molecular flexibility index (Phi) is 14.0. The SMILES string of the molecule is CC(C)(C)COCCCS(=O)(=O)CCNC(C)(C)CCC(C)(C)NC1CC(OCCOCC(C)(C)C)C1. The van der Waals surface area contributed by atoms with Crippen molar-refractivity contribution in [3.63, 3.8) is 0 Å². The van der Waals surface area contributed by atoms with Gasteiger partial charge in [0.05, 0.1) is 44.0 Å². The lowest BCUT2D eigenvalue weighted by Crippen LogP contribution is -2.54. The lowest BCUT2D eigenvalue weighted by atomic mass is 9.84. The minimum Gasteiger partial charge on any atom is -0.381 e. The minimum absolute atomic E-state index is 0.0174. The maximum atomic E-state index is 12.4. The van der Waals surface area contributed by atoms with E-state index < -0.39 is 9.84 Å². The maximum Gasteiger partial charge on any atom is 0.151 e. The van der Waals surface area contributed by atoms with Crippen molar-refractivity contribution in [2.75, 3.05) is 51.1 Å². The molecule has 1 aliphatic rings. The second-order valence-corrected chi connectivity index (χ2v) is 17.0. The van der Waals surface area contributed by atoms with E-state index in [0.29, 0.717) is 51.5 Å². The Balaban J connectivity index is 2.19. The molecule has 1 aliphatic carbocycles.